The molecule has 0 unspecified atom stereocenters. The highest BCUT2D eigenvalue weighted by molar-refractivity contribution is 6.31. The molecule has 1 aliphatic rings. The van der Waals surface area contributed by atoms with Gasteiger partial charge in [0.05, 0.1) is 11.1 Å². The zero-order chi connectivity index (χ0) is 16.1. The van der Waals surface area contributed by atoms with Gasteiger partial charge in [0, 0.05) is 21.7 Å². The summed E-state index contributed by atoms with van der Waals surface area (Å²) in [5, 5.41) is 6.40. The molecular formula is C18H15ClN2O2. The van der Waals surface area contributed by atoms with E-state index in [4.69, 9.17) is 16.0 Å². The zero-order valence-corrected chi connectivity index (χ0v) is 13.6. The van der Waals surface area contributed by atoms with Gasteiger partial charge in [-0.2, -0.15) is 5.10 Å². The number of hydrogen-bond acceptors (Lipinski definition) is 3. The lowest BCUT2D eigenvalue weighted by Crippen LogP contribution is -2.26. The molecule has 2 aromatic heterocycles. The average Bonchev–Trinajstić information content (AvgIpc) is 2.95. The average molecular weight is 327 g/mol. The lowest BCUT2D eigenvalue weighted by Gasteiger charge is -2.19. The molecule has 5 heteroatoms. The van der Waals surface area contributed by atoms with Gasteiger partial charge in [-0.05, 0) is 51.0 Å². The Morgan fingerprint density at radius 2 is 1.96 bits per heavy atom. The number of halogens is 1. The molecule has 1 aliphatic heterocycles. The molecule has 3 aromatic rings. The van der Waals surface area contributed by atoms with E-state index < -0.39 is 0 Å². The maximum atomic E-state index is 12.8. The number of rotatable bonds is 1. The van der Waals surface area contributed by atoms with E-state index in [0.29, 0.717) is 10.4 Å². The highest BCUT2D eigenvalue weighted by Gasteiger charge is 2.22. The summed E-state index contributed by atoms with van der Waals surface area (Å²) >= 11 is 6.10. The van der Waals surface area contributed by atoms with E-state index in [1.807, 2.05) is 32.0 Å². The molecule has 0 fully saturated rings. The maximum Gasteiger partial charge on any atom is 0.279 e. The van der Waals surface area contributed by atoms with E-state index in [9.17, 15) is 4.79 Å². The molecule has 4 rings (SSSR count). The van der Waals surface area contributed by atoms with Crippen molar-refractivity contribution in [2.24, 2.45) is 5.10 Å². The molecule has 4 nitrogen and oxygen atoms in total. The summed E-state index contributed by atoms with van der Waals surface area (Å²) in [7, 11) is 0. The summed E-state index contributed by atoms with van der Waals surface area (Å²) in [5.74, 6) is 1.59. The standard InChI is InChI=1S/C18H15ClN2O2/c1-10-3-7-15-17(16-8-4-11(2)23-16)13-6-5-12(19)9-14(13)18(22)21(15)20-10/h4-6,8-9H,3,7H2,1-2H3. The smallest absolute Gasteiger partial charge is 0.279 e. The van der Waals surface area contributed by atoms with Crippen LogP contribution in [0.3, 0.4) is 0 Å². The fraction of sp³-hybridized carbons (Fsp3) is 0.222. The summed E-state index contributed by atoms with van der Waals surface area (Å²) in [6.45, 7) is 3.85. The van der Waals surface area contributed by atoms with Crippen LogP contribution in [0.4, 0.5) is 0 Å². The third-order valence-electron chi connectivity index (χ3n) is 4.20. The first-order valence-corrected chi connectivity index (χ1v) is 7.91. The van der Waals surface area contributed by atoms with Gasteiger partial charge >= 0.3 is 0 Å². The van der Waals surface area contributed by atoms with Gasteiger partial charge in [0.15, 0.2) is 0 Å². The summed E-state index contributed by atoms with van der Waals surface area (Å²) in [6.07, 6.45) is 1.60. The fourth-order valence-corrected chi connectivity index (χ4v) is 3.28. The number of aromatic nitrogens is 1. The molecule has 23 heavy (non-hydrogen) atoms. The fourth-order valence-electron chi connectivity index (χ4n) is 3.11. The third-order valence-corrected chi connectivity index (χ3v) is 4.43. The number of furan rings is 1. The molecule has 0 N–H and O–H groups in total. The summed E-state index contributed by atoms with van der Waals surface area (Å²) < 4.78 is 7.35. The SMILES string of the molecule is CC1=Nn2c(c(-c3ccc(C)o3)c3ccc(Cl)cc3c2=O)CC1. The van der Waals surface area contributed by atoms with Crippen LogP contribution in [-0.2, 0) is 6.42 Å². The van der Waals surface area contributed by atoms with Gasteiger partial charge in [0.2, 0.25) is 0 Å². The Hall–Kier alpha value is -2.33. The Bertz CT molecular complexity index is 1030. The van der Waals surface area contributed by atoms with E-state index >= 15 is 0 Å². The molecule has 0 atom stereocenters. The Morgan fingerprint density at radius 3 is 2.70 bits per heavy atom. The van der Waals surface area contributed by atoms with Gasteiger partial charge in [-0.1, -0.05) is 17.7 Å². The number of hydrogen-bond donors (Lipinski definition) is 0. The van der Waals surface area contributed by atoms with Crippen LogP contribution >= 0.6 is 11.6 Å². The minimum absolute atomic E-state index is 0.136. The van der Waals surface area contributed by atoms with Gasteiger partial charge < -0.3 is 4.42 Å². The summed E-state index contributed by atoms with van der Waals surface area (Å²) in [5.41, 5.74) is 2.64. The van der Waals surface area contributed by atoms with Crippen LogP contribution in [0.25, 0.3) is 22.1 Å². The predicted octanol–water partition coefficient (Wildman–Crippen LogP) is 4.39. The third kappa shape index (κ3) is 2.21. The molecule has 0 spiro atoms. The number of benzene rings is 1. The Kier molecular flexibility index (Phi) is 3.16. The van der Waals surface area contributed by atoms with Crippen molar-refractivity contribution in [1.29, 1.82) is 0 Å². The molecule has 1 aromatic carbocycles. The van der Waals surface area contributed by atoms with E-state index in [2.05, 4.69) is 5.10 Å². The lowest BCUT2D eigenvalue weighted by atomic mass is 9.98. The topological polar surface area (TPSA) is 47.5 Å². The molecule has 0 radical (unpaired) electrons. The maximum absolute atomic E-state index is 12.8. The monoisotopic (exact) mass is 326 g/mol. The Labute approximate surface area is 138 Å². The van der Waals surface area contributed by atoms with Crippen LogP contribution in [0.2, 0.25) is 5.02 Å². The number of fused-ring (bicyclic) bond motifs is 2. The van der Waals surface area contributed by atoms with Gasteiger partial charge in [0.25, 0.3) is 5.56 Å². The highest BCUT2D eigenvalue weighted by atomic mass is 35.5. The van der Waals surface area contributed by atoms with E-state index in [-0.39, 0.29) is 5.56 Å². The van der Waals surface area contributed by atoms with Crippen LogP contribution in [0.5, 0.6) is 0 Å². The number of nitrogens with zero attached hydrogens (tertiary/aromatic N) is 2. The van der Waals surface area contributed by atoms with E-state index in [1.165, 1.54) is 4.68 Å². The van der Waals surface area contributed by atoms with Crippen molar-refractivity contribution in [3.8, 4) is 11.3 Å². The number of aryl methyl sites for hydroxylation is 1. The van der Waals surface area contributed by atoms with Gasteiger partial charge in [-0.15, -0.1) is 0 Å². The van der Waals surface area contributed by atoms with Crippen molar-refractivity contribution in [1.82, 2.24) is 4.68 Å². The van der Waals surface area contributed by atoms with Crippen molar-refractivity contribution in [3.63, 3.8) is 0 Å². The lowest BCUT2D eigenvalue weighted by molar-refractivity contribution is 0.546. The van der Waals surface area contributed by atoms with Crippen LogP contribution in [-0.4, -0.2) is 10.4 Å². The predicted molar refractivity (Wildman–Crippen MR) is 92.5 cm³/mol. The van der Waals surface area contributed by atoms with Crippen LogP contribution < -0.4 is 5.56 Å². The molecule has 3 heterocycles. The van der Waals surface area contributed by atoms with Crippen LogP contribution in [0.15, 0.2) is 44.6 Å². The second kappa shape index (κ2) is 5.10. The van der Waals surface area contributed by atoms with E-state index in [1.54, 1.807) is 12.1 Å². The minimum Gasteiger partial charge on any atom is -0.461 e. The van der Waals surface area contributed by atoms with Crippen molar-refractivity contribution in [2.45, 2.75) is 26.7 Å². The molecule has 0 saturated carbocycles. The minimum atomic E-state index is -0.136. The first kappa shape index (κ1) is 14.3. The van der Waals surface area contributed by atoms with Crippen molar-refractivity contribution in [3.05, 3.63) is 57.2 Å². The first-order valence-electron chi connectivity index (χ1n) is 7.53. The van der Waals surface area contributed by atoms with E-state index in [0.717, 1.165) is 46.7 Å². The molecule has 0 saturated heterocycles. The van der Waals surface area contributed by atoms with Gasteiger partial charge in [0.1, 0.15) is 11.5 Å². The molecule has 0 bridgehead atoms. The Balaban J connectivity index is 2.20. The van der Waals surface area contributed by atoms with Crippen LogP contribution in [0.1, 0.15) is 24.8 Å². The quantitative estimate of drug-likeness (QED) is 0.665. The summed E-state index contributed by atoms with van der Waals surface area (Å²) in [6, 6.07) is 9.26. The van der Waals surface area contributed by atoms with Crippen molar-refractivity contribution < 1.29 is 4.42 Å². The highest BCUT2D eigenvalue weighted by Crippen LogP contribution is 2.34. The van der Waals surface area contributed by atoms with Crippen LogP contribution in [0, 0.1) is 6.92 Å². The largest absolute Gasteiger partial charge is 0.461 e. The molecule has 0 aliphatic carbocycles. The Morgan fingerprint density at radius 1 is 1.13 bits per heavy atom. The van der Waals surface area contributed by atoms with Gasteiger partial charge in [-0.25, -0.2) is 4.68 Å². The zero-order valence-electron chi connectivity index (χ0n) is 12.9. The molecule has 0 amide bonds. The van der Waals surface area contributed by atoms with Crippen molar-refractivity contribution in [2.75, 3.05) is 0 Å². The van der Waals surface area contributed by atoms with Gasteiger partial charge in [-0.3, -0.25) is 4.79 Å². The second-order valence-corrected chi connectivity index (χ2v) is 6.31. The molecule has 116 valence electrons. The molecular weight excluding hydrogens is 312 g/mol. The number of pyridine rings is 1. The normalized spacial score (nSPS) is 14.0. The van der Waals surface area contributed by atoms with Crippen molar-refractivity contribution >= 4 is 28.1 Å². The summed E-state index contributed by atoms with van der Waals surface area (Å²) in [4.78, 5) is 12.8. The first-order chi connectivity index (χ1) is 11.0. The second-order valence-electron chi connectivity index (χ2n) is 5.87.